The third-order valence-corrected chi connectivity index (χ3v) is 6.45. The highest BCUT2D eigenvalue weighted by Gasteiger charge is 2.48. The van der Waals surface area contributed by atoms with Crippen LogP contribution in [-0.4, -0.2) is 63.4 Å². The van der Waals surface area contributed by atoms with E-state index in [0.29, 0.717) is 36.2 Å². The fourth-order valence-electron chi connectivity index (χ4n) is 4.86. The summed E-state index contributed by atoms with van der Waals surface area (Å²) in [6, 6.07) is 5.37. The van der Waals surface area contributed by atoms with Crippen molar-refractivity contribution in [2.75, 3.05) is 19.6 Å². The van der Waals surface area contributed by atoms with Crippen molar-refractivity contribution in [3.05, 3.63) is 23.8 Å². The van der Waals surface area contributed by atoms with Crippen molar-refractivity contribution in [3.63, 3.8) is 0 Å². The maximum absolute atomic E-state index is 12.8. The molecule has 2 saturated heterocycles. The molecule has 3 heterocycles. The average molecular weight is 384 g/mol. The van der Waals surface area contributed by atoms with Gasteiger partial charge in [0.05, 0.1) is 6.54 Å². The Morgan fingerprint density at radius 3 is 2.61 bits per heavy atom. The molecule has 1 aliphatic carbocycles. The van der Waals surface area contributed by atoms with Crippen molar-refractivity contribution in [1.82, 2.24) is 20.1 Å². The maximum Gasteiger partial charge on any atom is 0.410 e. The van der Waals surface area contributed by atoms with E-state index < -0.39 is 0 Å². The predicted octanol–water partition coefficient (Wildman–Crippen LogP) is 2.98. The summed E-state index contributed by atoms with van der Waals surface area (Å²) < 4.78 is 10.5. The van der Waals surface area contributed by atoms with Crippen LogP contribution in [0.4, 0.5) is 4.79 Å². The second-order valence-electron chi connectivity index (χ2n) is 8.23. The van der Waals surface area contributed by atoms with Crippen LogP contribution >= 0.6 is 0 Å². The van der Waals surface area contributed by atoms with E-state index in [0.717, 1.165) is 38.5 Å². The zero-order valence-electron chi connectivity index (χ0n) is 15.8. The Balaban J connectivity index is 1.22. The lowest BCUT2D eigenvalue weighted by atomic mass is 9.84. The van der Waals surface area contributed by atoms with Gasteiger partial charge in [-0.3, -0.25) is 4.79 Å². The predicted molar refractivity (Wildman–Crippen MR) is 99.7 cm³/mol. The molecule has 0 N–H and O–H groups in total. The summed E-state index contributed by atoms with van der Waals surface area (Å²) in [5.41, 5.74) is 1.55. The van der Waals surface area contributed by atoms with Crippen LogP contribution in [0.15, 0.2) is 22.8 Å². The van der Waals surface area contributed by atoms with E-state index in [2.05, 4.69) is 10.3 Å². The van der Waals surface area contributed by atoms with Crippen LogP contribution in [0.3, 0.4) is 0 Å². The van der Waals surface area contributed by atoms with Crippen molar-refractivity contribution in [2.24, 2.45) is 0 Å². The van der Waals surface area contributed by atoms with Gasteiger partial charge < -0.3 is 14.5 Å². The third-order valence-electron chi connectivity index (χ3n) is 6.45. The lowest BCUT2D eigenvalue weighted by Crippen LogP contribution is -2.48. The van der Waals surface area contributed by atoms with E-state index in [9.17, 15) is 9.59 Å². The van der Waals surface area contributed by atoms with E-state index in [1.807, 2.05) is 9.80 Å². The Hall–Kier alpha value is -2.64. The topological polar surface area (TPSA) is 88.8 Å². The molecular formula is C20H24N4O4. The highest BCUT2D eigenvalue weighted by molar-refractivity contribution is 5.97. The first-order chi connectivity index (χ1) is 13.6. The minimum absolute atomic E-state index is 0.0175. The highest BCUT2D eigenvalue weighted by atomic mass is 16.6. The number of carbonyl (C=O) groups excluding carboxylic acids is 2. The van der Waals surface area contributed by atoms with Gasteiger partial charge in [-0.05, 0) is 67.0 Å². The Bertz CT molecular complexity index is 896. The van der Waals surface area contributed by atoms with Crippen LogP contribution in [0.2, 0.25) is 0 Å². The number of carbonyl (C=O) groups is 2. The average Bonchev–Trinajstić information content (AvgIpc) is 3.32. The number of piperidine rings is 1. The quantitative estimate of drug-likeness (QED) is 0.791. The van der Waals surface area contributed by atoms with Crippen LogP contribution in [0.25, 0.3) is 11.0 Å². The molecule has 2 amide bonds. The molecule has 5 rings (SSSR count). The summed E-state index contributed by atoms with van der Waals surface area (Å²) in [5, 5.41) is 7.57. The molecule has 8 nitrogen and oxygen atoms in total. The molecule has 1 saturated carbocycles. The van der Waals surface area contributed by atoms with Gasteiger partial charge in [0.1, 0.15) is 16.6 Å². The van der Waals surface area contributed by atoms with E-state index in [4.69, 9.17) is 9.37 Å². The van der Waals surface area contributed by atoms with Gasteiger partial charge in [0.2, 0.25) is 0 Å². The van der Waals surface area contributed by atoms with Gasteiger partial charge in [0.15, 0.2) is 0 Å². The standard InChI is InChI=1S/C20H24N4O4/c25-18(14-4-5-16-17(12-14)22-28-21-16)23-10-6-15(7-11-23)24-13-20(27-19(24)26)8-2-1-3-9-20/h4-5,12,15H,1-3,6-11,13H2. The summed E-state index contributed by atoms with van der Waals surface area (Å²) in [7, 11) is 0. The largest absolute Gasteiger partial charge is 0.441 e. The number of hydrogen-bond donors (Lipinski definition) is 0. The molecule has 0 atom stereocenters. The van der Waals surface area contributed by atoms with Gasteiger partial charge in [0.25, 0.3) is 5.91 Å². The molecule has 3 fully saturated rings. The lowest BCUT2D eigenvalue weighted by molar-refractivity contribution is 0.0259. The highest BCUT2D eigenvalue weighted by Crippen LogP contribution is 2.38. The lowest BCUT2D eigenvalue weighted by Gasteiger charge is -2.36. The maximum atomic E-state index is 12.8. The number of amides is 2. The van der Waals surface area contributed by atoms with Gasteiger partial charge in [-0.1, -0.05) is 6.42 Å². The van der Waals surface area contributed by atoms with Crippen LogP contribution in [0.1, 0.15) is 55.3 Å². The van der Waals surface area contributed by atoms with Crippen LogP contribution < -0.4 is 0 Å². The summed E-state index contributed by atoms with van der Waals surface area (Å²) in [6.45, 7) is 1.98. The Kier molecular flexibility index (Phi) is 4.21. The molecule has 1 spiro atoms. The molecule has 2 aliphatic heterocycles. The number of rotatable bonds is 2. The molecule has 2 aromatic rings. The van der Waals surface area contributed by atoms with E-state index >= 15 is 0 Å². The molecule has 28 heavy (non-hydrogen) atoms. The van der Waals surface area contributed by atoms with Crippen molar-refractivity contribution >= 4 is 23.0 Å². The minimum Gasteiger partial charge on any atom is -0.441 e. The summed E-state index contributed by atoms with van der Waals surface area (Å²) in [4.78, 5) is 29.1. The summed E-state index contributed by atoms with van der Waals surface area (Å²) in [6.07, 6.45) is 6.86. The van der Waals surface area contributed by atoms with Gasteiger partial charge in [-0.2, -0.15) is 0 Å². The smallest absolute Gasteiger partial charge is 0.410 e. The van der Waals surface area contributed by atoms with E-state index in [1.54, 1.807) is 18.2 Å². The SMILES string of the molecule is O=C(c1ccc2nonc2c1)N1CCC(N2CC3(CCCCC3)OC2=O)CC1. The van der Waals surface area contributed by atoms with Crippen molar-refractivity contribution in [2.45, 2.75) is 56.6 Å². The fraction of sp³-hybridized carbons (Fsp3) is 0.600. The van der Waals surface area contributed by atoms with Crippen molar-refractivity contribution < 1.29 is 19.0 Å². The van der Waals surface area contributed by atoms with Gasteiger partial charge in [-0.15, -0.1) is 0 Å². The number of benzene rings is 1. The number of likely N-dealkylation sites (tertiary alicyclic amines) is 1. The third kappa shape index (κ3) is 3.00. The molecule has 0 unspecified atom stereocenters. The number of ether oxygens (including phenoxy) is 1. The summed E-state index contributed by atoms with van der Waals surface area (Å²) in [5.74, 6) is -0.0175. The molecule has 3 aliphatic rings. The first-order valence-corrected chi connectivity index (χ1v) is 10.1. The Labute approximate surface area is 162 Å². The Morgan fingerprint density at radius 2 is 1.82 bits per heavy atom. The molecule has 8 heteroatoms. The normalized spacial score (nSPS) is 22.8. The number of nitrogens with zero attached hydrogens (tertiary/aromatic N) is 4. The number of aromatic nitrogens is 2. The summed E-state index contributed by atoms with van der Waals surface area (Å²) >= 11 is 0. The first-order valence-electron chi connectivity index (χ1n) is 10.1. The van der Waals surface area contributed by atoms with Crippen LogP contribution in [0.5, 0.6) is 0 Å². The van der Waals surface area contributed by atoms with Gasteiger partial charge >= 0.3 is 6.09 Å². The van der Waals surface area contributed by atoms with E-state index in [1.165, 1.54) is 6.42 Å². The molecule has 1 aromatic heterocycles. The van der Waals surface area contributed by atoms with Crippen molar-refractivity contribution in [1.29, 1.82) is 0 Å². The zero-order chi connectivity index (χ0) is 19.1. The fourth-order valence-corrected chi connectivity index (χ4v) is 4.86. The molecule has 0 radical (unpaired) electrons. The number of fused-ring (bicyclic) bond motifs is 1. The second-order valence-corrected chi connectivity index (χ2v) is 8.23. The Morgan fingerprint density at radius 1 is 1.07 bits per heavy atom. The second kappa shape index (κ2) is 6.76. The van der Waals surface area contributed by atoms with Gasteiger partial charge in [-0.25, -0.2) is 9.42 Å². The minimum atomic E-state index is -0.261. The van der Waals surface area contributed by atoms with Crippen LogP contribution in [-0.2, 0) is 4.74 Å². The molecule has 148 valence electrons. The monoisotopic (exact) mass is 384 g/mol. The number of hydrogen-bond acceptors (Lipinski definition) is 6. The molecule has 1 aromatic carbocycles. The first kappa shape index (κ1) is 17.5. The van der Waals surface area contributed by atoms with Crippen molar-refractivity contribution in [3.8, 4) is 0 Å². The van der Waals surface area contributed by atoms with Gasteiger partial charge in [0, 0.05) is 24.7 Å². The van der Waals surface area contributed by atoms with E-state index in [-0.39, 0.29) is 23.6 Å². The molecular weight excluding hydrogens is 360 g/mol. The van der Waals surface area contributed by atoms with Crippen LogP contribution in [0, 0.1) is 0 Å². The zero-order valence-corrected chi connectivity index (χ0v) is 15.8. The molecule has 0 bridgehead atoms.